The van der Waals surface area contributed by atoms with Crippen molar-refractivity contribution in [3.8, 4) is 0 Å². The predicted molar refractivity (Wildman–Crippen MR) is 95.7 cm³/mol. The van der Waals surface area contributed by atoms with Gasteiger partial charge < -0.3 is 10.5 Å². The summed E-state index contributed by atoms with van der Waals surface area (Å²) in [6.07, 6.45) is 3.66. The second-order valence-electron chi connectivity index (χ2n) is 5.21. The van der Waals surface area contributed by atoms with Crippen LogP contribution in [0.1, 0.15) is 59.9 Å². The molecule has 2 heteroatoms. The first-order valence-electron chi connectivity index (χ1n) is 8.49. The summed E-state index contributed by atoms with van der Waals surface area (Å²) < 4.78 is 5.57. The lowest BCUT2D eigenvalue weighted by atomic mass is 9.99. The SMILES string of the molecule is CC.CC(CCOC(C)CN)Cc1ccccc1.CCC. The van der Waals surface area contributed by atoms with E-state index in [1.54, 1.807) is 0 Å². The molecule has 21 heavy (non-hydrogen) atoms. The molecule has 0 amide bonds. The quantitative estimate of drug-likeness (QED) is 0.763. The zero-order valence-electron chi connectivity index (χ0n) is 15.1. The van der Waals surface area contributed by atoms with Gasteiger partial charge in [0.1, 0.15) is 0 Å². The van der Waals surface area contributed by atoms with Crippen LogP contribution in [-0.2, 0) is 11.2 Å². The highest BCUT2D eigenvalue weighted by atomic mass is 16.5. The van der Waals surface area contributed by atoms with E-state index in [0.29, 0.717) is 12.5 Å². The molecule has 0 aliphatic rings. The number of hydrogen-bond donors (Lipinski definition) is 1. The fourth-order valence-corrected chi connectivity index (χ4v) is 1.66. The molecule has 0 saturated heterocycles. The Morgan fingerprint density at radius 2 is 1.57 bits per heavy atom. The Hall–Kier alpha value is -0.860. The predicted octanol–water partition coefficient (Wildman–Crippen LogP) is 5.06. The monoisotopic (exact) mass is 295 g/mol. The second kappa shape index (κ2) is 17.2. The van der Waals surface area contributed by atoms with E-state index in [1.165, 1.54) is 12.0 Å². The maximum atomic E-state index is 5.57. The molecule has 0 bridgehead atoms. The van der Waals surface area contributed by atoms with Crippen LogP contribution in [0.4, 0.5) is 0 Å². The van der Waals surface area contributed by atoms with Gasteiger partial charge >= 0.3 is 0 Å². The molecule has 124 valence electrons. The Morgan fingerprint density at radius 3 is 2.05 bits per heavy atom. The molecular weight excluding hydrogens is 258 g/mol. The molecule has 0 aromatic heterocycles. The van der Waals surface area contributed by atoms with Crippen molar-refractivity contribution in [2.45, 2.75) is 66.9 Å². The number of hydrogen-bond acceptors (Lipinski definition) is 2. The lowest BCUT2D eigenvalue weighted by Crippen LogP contribution is -2.21. The van der Waals surface area contributed by atoms with Crippen molar-refractivity contribution in [3.63, 3.8) is 0 Å². The molecule has 1 aromatic rings. The number of ether oxygens (including phenoxy) is 1. The van der Waals surface area contributed by atoms with Crippen LogP contribution in [0.5, 0.6) is 0 Å². The van der Waals surface area contributed by atoms with E-state index in [0.717, 1.165) is 19.4 Å². The highest BCUT2D eigenvalue weighted by Crippen LogP contribution is 2.11. The topological polar surface area (TPSA) is 35.2 Å². The number of benzene rings is 1. The van der Waals surface area contributed by atoms with Gasteiger partial charge in [0, 0.05) is 13.2 Å². The number of rotatable bonds is 7. The highest BCUT2D eigenvalue weighted by molar-refractivity contribution is 5.14. The zero-order valence-corrected chi connectivity index (χ0v) is 15.1. The van der Waals surface area contributed by atoms with Crippen molar-refractivity contribution in [1.82, 2.24) is 0 Å². The molecule has 0 radical (unpaired) electrons. The number of nitrogens with two attached hydrogens (primary N) is 1. The summed E-state index contributed by atoms with van der Waals surface area (Å²) in [5.41, 5.74) is 6.89. The maximum Gasteiger partial charge on any atom is 0.0669 e. The van der Waals surface area contributed by atoms with E-state index < -0.39 is 0 Å². The highest BCUT2D eigenvalue weighted by Gasteiger charge is 2.05. The first-order chi connectivity index (χ1) is 10.1. The molecule has 0 saturated carbocycles. The van der Waals surface area contributed by atoms with Crippen molar-refractivity contribution in [3.05, 3.63) is 35.9 Å². The van der Waals surface area contributed by atoms with Gasteiger partial charge in [0.25, 0.3) is 0 Å². The minimum Gasteiger partial charge on any atom is -0.377 e. The third kappa shape index (κ3) is 15.3. The summed E-state index contributed by atoms with van der Waals surface area (Å²) in [6.45, 7) is 13.9. The Kier molecular flexibility index (Phi) is 18.4. The van der Waals surface area contributed by atoms with E-state index in [-0.39, 0.29) is 6.10 Å². The van der Waals surface area contributed by atoms with Crippen molar-refractivity contribution >= 4 is 0 Å². The summed E-state index contributed by atoms with van der Waals surface area (Å²) >= 11 is 0. The lowest BCUT2D eigenvalue weighted by Gasteiger charge is -2.14. The molecule has 2 nitrogen and oxygen atoms in total. The van der Waals surface area contributed by atoms with Gasteiger partial charge in [-0.2, -0.15) is 0 Å². The van der Waals surface area contributed by atoms with Crippen LogP contribution in [0.15, 0.2) is 30.3 Å². The third-order valence-electron chi connectivity index (χ3n) is 2.77. The summed E-state index contributed by atoms with van der Waals surface area (Å²) in [7, 11) is 0. The van der Waals surface area contributed by atoms with Gasteiger partial charge in [0.15, 0.2) is 0 Å². The molecule has 2 unspecified atom stereocenters. The Bertz CT molecular complexity index is 287. The van der Waals surface area contributed by atoms with Crippen LogP contribution in [0.3, 0.4) is 0 Å². The van der Waals surface area contributed by atoms with Gasteiger partial charge in [-0.15, -0.1) is 0 Å². The normalized spacial score (nSPS) is 12.3. The molecule has 0 aliphatic carbocycles. The lowest BCUT2D eigenvalue weighted by molar-refractivity contribution is 0.0632. The Labute approximate surface area is 133 Å². The third-order valence-corrected chi connectivity index (χ3v) is 2.77. The van der Waals surface area contributed by atoms with E-state index >= 15 is 0 Å². The van der Waals surface area contributed by atoms with Crippen LogP contribution in [0.2, 0.25) is 0 Å². The molecule has 0 fully saturated rings. The molecule has 2 N–H and O–H groups in total. The molecule has 2 atom stereocenters. The van der Waals surface area contributed by atoms with E-state index in [2.05, 4.69) is 51.1 Å². The largest absolute Gasteiger partial charge is 0.377 e. The van der Waals surface area contributed by atoms with Gasteiger partial charge in [0.2, 0.25) is 0 Å². The maximum absolute atomic E-state index is 5.57. The molecule has 1 rings (SSSR count). The molecule has 0 aliphatic heterocycles. The van der Waals surface area contributed by atoms with E-state index in [1.807, 2.05) is 20.8 Å². The summed E-state index contributed by atoms with van der Waals surface area (Å²) in [6, 6.07) is 10.6. The smallest absolute Gasteiger partial charge is 0.0669 e. The van der Waals surface area contributed by atoms with Crippen molar-refractivity contribution in [1.29, 1.82) is 0 Å². The van der Waals surface area contributed by atoms with Crippen molar-refractivity contribution < 1.29 is 4.74 Å². The summed E-state index contributed by atoms with van der Waals surface area (Å²) in [5.74, 6) is 0.660. The fourth-order valence-electron chi connectivity index (χ4n) is 1.66. The standard InChI is InChI=1S/C14H23NO.C3H8.C2H6/c1-12(8-9-16-13(2)11-15)10-14-6-4-3-5-7-14;1-3-2;1-2/h3-7,12-13H,8-11,15H2,1-2H3;3H2,1-2H3;1-2H3. The molecule has 0 heterocycles. The second-order valence-corrected chi connectivity index (χ2v) is 5.21. The average Bonchev–Trinajstić information content (AvgIpc) is 2.51. The van der Waals surface area contributed by atoms with Crippen LogP contribution < -0.4 is 5.73 Å². The van der Waals surface area contributed by atoms with Gasteiger partial charge in [0.05, 0.1) is 6.10 Å². The van der Waals surface area contributed by atoms with Gasteiger partial charge in [-0.3, -0.25) is 0 Å². The van der Waals surface area contributed by atoms with Crippen molar-refractivity contribution in [2.75, 3.05) is 13.2 Å². The minimum absolute atomic E-state index is 0.184. The Morgan fingerprint density at radius 1 is 1.05 bits per heavy atom. The van der Waals surface area contributed by atoms with Crippen molar-refractivity contribution in [2.24, 2.45) is 11.7 Å². The van der Waals surface area contributed by atoms with Gasteiger partial charge in [-0.1, -0.05) is 71.4 Å². The van der Waals surface area contributed by atoms with E-state index in [9.17, 15) is 0 Å². The summed E-state index contributed by atoms with van der Waals surface area (Å²) in [4.78, 5) is 0. The average molecular weight is 296 g/mol. The van der Waals surface area contributed by atoms with Gasteiger partial charge in [-0.05, 0) is 31.2 Å². The molecule has 0 spiro atoms. The van der Waals surface area contributed by atoms with Crippen LogP contribution in [0, 0.1) is 5.92 Å². The fraction of sp³-hybridized carbons (Fsp3) is 0.684. The van der Waals surface area contributed by atoms with E-state index in [4.69, 9.17) is 10.5 Å². The zero-order chi connectivity index (χ0) is 16.5. The Balaban J connectivity index is 0. The van der Waals surface area contributed by atoms with Crippen LogP contribution in [-0.4, -0.2) is 19.3 Å². The minimum atomic E-state index is 0.184. The summed E-state index contributed by atoms with van der Waals surface area (Å²) in [5, 5.41) is 0. The first-order valence-corrected chi connectivity index (χ1v) is 8.49. The van der Waals surface area contributed by atoms with Crippen LogP contribution >= 0.6 is 0 Å². The van der Waals surface area contributed by atoms with Crippen LogP contribution in [0.25, 0.3) is 0 Å². The molecular formula is C19H37NO. The first kappa shape index (κ1) is 22.4. The molecule has 1 aromatic carbocycles. The van der Waals surface area contributed by atoms with Gasteiger partial charge in [-0.25, -0.2) is 0 Å².